The molecule has 0 saturated carbocycles. The molecule has 0 unspecified atom stereocenters. The molecule has 0 aliphatic heterocycles. The molecule has 118 valence electrons. The van der Waals surface area contributed by atoms with Gasteiger partial charge in [-0.3, -0.25) is 9.20 Å². The van der Waals surface area contributed by atoms with E-state index in [0.29, 0.717) is 17.9 Å². The molecular weight excluding hydrogens is 296 g/mol. The summed E-state index contributed by atoms with van der Waals surface area (Å²) in [7, 11) is 1.61. The van der Waals surface area contributed by atoms with Gasteiger partial charge in [-0.05, 0) is 29.8 Å². The average Bonchev–Trinajstić information content (AvgIpc) is 2.84. The van der Waals surface area contributed by atoms with Crippen LogP contribution in [0.15, 0.2) is 53.5 Å². The molecule has 0 spiro atoms. The van der Waals surface area contributed by atoms with E-state index >= 15 is 0 Å². The molecule has 1 N–H and O–H groups in total. The molecule has 0 aliphatic carbocycles. The largest absolute Gasteiger partial charge is 0.380 e. The fraction of sp³-hybridized carbons (Fsp3) is 0.188. The van der Waals surface area contributed by atoms with Crippen LogP contribution in [0.2, 0.25) is 0 Å². The Labute approximate surface area is 132 Å². The third-order valence-electron chi connectivity index (χ3n) is 3.30. The van der Waals surface area contributed by atoms with Crippen molar-refractivity contribution in [3.8, 4) is 0 Å². The van der Waals surface area contributed by atoms with Crippen LogP contribution < -0.4 is 11.0 Å². The Hall–Kier alpha value is -2.93. The Morgan fingerprint density at radius 2 is 2.13 bits per heavy atom. The van der Waals surface area contributed by atoms with Crippen LogP contribution in [0.25, 0.3) is 5.65 Å². The molecule has 0 saturated heterocycles. The second-order valence-corrected chi connectivity index (χ2v) is 5.05. The zero-order valence-electron chi connectivity index (χ0n) is 12.6. The van der Waals surface area contributed by atoms with Crippen molar-refractivity contribution in [2.75, 3.05) is 12.4 Å². The SMILES string of the molecule is COCc1cccc(NC(=O)Cn2nc3ccccn3c2=O)c1. The highest BCUT2D eigenvalue weighted by atomic mass is 16.5. The normalized spacial score (nSPS) is 10.8. The summed E-state index contributed by atoms with van der Waals surface area (Å²) in [4.78, 5) is 24.3. The van der Waals surface area contributed by atoms with E-state index in [-0.39, 0.29) is 18.1 Å². The summed E-state index contributed by atoms with van der Waals surface area (Å²) in [6.07, 6.45) is 1.62. The van der Waals surface area contributed by atoms with Crippen molar-refractivity contribution < 1.29 is 9.53 Å². The van der Waals surface area contributed by atoms with E-state index < -0.39 is 0 Å². The number of carbonyl (C=O) groups is 1. The predicted molar refractivity (Wildman–Crippen MR) is 85.2 cm³/mol. The molecule has 23 heavy (non-hydrogen) atoms. The van der Waals surface area contributed by atoms with Crippen LogP contribution in [-0.2, 0) is 22.7 Å². The molecule has 2 heterocycles. The first-order valence-electron chi connectivity index (χ1n) is 7.09. The van der Waals surface area contributed by atoms with E-state index in [0.717, 1.165) is 10.2 Å². The number of nitrogens with zero attached hydrogens (tertiary/aromatic N) is 3. The molecule has 0 aliphatic rings. The van der Waals surface area contributed by atoms with Gasteiger partial charge in [0.25, 0.3) is 0 Å². The smallest absolute Gasteiger partial charge is 0.350 e. The minimum atomic E-state index is -0.344. The number of carbonyl (C=O) groups excluding carboxylic acids is 1. The third kappa shape index (κ3) is 3.29. The number of benzene rings is 1. The van der Waals surface area contributed by atoms with Gasteiger partial charge in [-0.1, -0.05) is 18.2 Å². The number of nitrogens with one attached hydrogen (secondary N) is 1. The van der Waals surface area contributed by atoms with E-state index in [2.05, 4.69) is 10.4 Å². The van der Waals surface area contributed by atoms with Gasteiger partial charge in [-0.15, -0.1) is 5.10 Å². The average molecular weight is 312 g/mol. The minimum Gasteiger partial charge on any atom is -0.380 e. The van der Waals surface area contributed by atoms with Gasteiger partial charge in [-0.25, -0.2) is 9.48 Å². The lowest BCUT2D eigenvalue weighted by Gasteiger charge is -2.06. The van der Waals surface area contributed by atoms with Gasteiger partial charge in [0, 0.05) is 19.0 Å². The quantitative estimate of drug-likeness (QED) is 0.770. The van der Waals surface area contributed by atoms with Gasteiger partial charge in [0.05, 0.1) is 6.61 Å². The Balaban J connectivity index is 1.75. The molecule has 1 aromatic carbocycles. The fourth-order valence-electron chi connectivity index (χ4n) is 2.31. The van der Waals surface area contributed by atoms with Crippen LogP contribution >= 0.6 is 0 Å². The molecule has 1 amide bonds. The molecule has 7 nitrogen and oxygen atoms in total. The number of aromatic nitrogens is 3. The van der Waals surface area contributed by atoms with Crippen molar-refractivity contribution >= 4 is 17.2 Å². The first kappa shape index (κ1) is 15.0. The summed E-state index contributed by atoms with van der Waals surface area (Å²) in [5.41, 5.74) is 1.77. The summed E-state index contributed by atoms with van der Waals surface area (Å²) >= 11 is 0. The van der Waals surface area contributed by atoms with Gasteiger partial charge >= 0.3 is 5.69 Å². The molecule has 2 aromatic heterocycles. The van der Waals surface area contributed by atoms with Crippen LogP contribution in [0.4, 0.5) is 5.69 Å². The first-order valence-corrected chi connectivity index (χ1v) is 7.09. The summed E-state index contributed by atoms with van der Waals surface area (Å²) in [6.45, 7) is 0.324. The Morgan fingerprint density at radius 3 is 2.91 bits per heavy atom. The van der Waals surface area contributed by atoms with Crippen molar-refractivity contribution in [2.24, 2.45) is 0 Å². The number of rotatable bonds is 5. The Kier molecular flexibility index (Phi) is 4.20. The number of anilines is 1. The number of fused-ring (bicyclic) bond motifs is 1. The van der Waals surface area contributed by atoms with Crippen LogP contribution in [0.3, 0.4) is 0 Å². The molecule has 3 aromatic rings. The maximum absolute atomic E-state index is 12.1. The minimum absolute atomic E-state index is 0.144. The van der Waals surface area contributed by atoms with Crippen molar-refractivity contribution in [2.45, 2.75) is 13.2 Å². The Bertz CT molecular complexity index is 897. The van der Waals surface area contributed by atoms with Crippen molar-refractivity contribution in [3.63, 3.8) is 0 Å². The molecule has 0 atom stereocenters. The first-order chi connectivity index (χ1) is 11.2. The third-order valence-corrected chi connectivity index (χ3v) is 3.30. The summed E-state index contributed by atoms with van der Waals surface area (Å²) in [5.74, 6) is -0.315. The van der Waals surface area contributed by atoms with Crippen LogP contribution in [0.1, 0.15) is 5.56 Å². The second-order valence-electron chi connectivity index (χ2n) is 5.05. The molecule has 3 rings (SSSR count). The zero-order chi connectivity index (χ0) is 16.2. The number of amides is 1. The zero-order valence-corrected chi connectivity index (χ0v) is 12.6. The Morgan fingerprint density at radius 1 is 1.26 bits per heavy atom. The van der Waals surface area contributed by atoms with E-state index in [4.69, 9.17) is 4.74 Å². The number of methoxy groups -OCH3 is 1. The lowest BCUT2D eigenvalue weighted by Crippen LogP contribution is -2.28. The highest BCUT2D eigenvalue weighted by Gasteiger charge is 2.10. The summed E-state index contributed by atoms with van der Waals surface area (Å²) in [6, 6.07) is 12.6. The second kappa shape index (κ2) is 6.45. The van der Waals surface area contributed by atoms with Crippen molar-refractivity contribution in [1.82, 2.24) is 14.2 Å². The number of pyridine rings is 1. The lowest BCUT2D eigenvalue weighted by molar-refractivity contribution is -0.117. The highest BCUT2D eigenvalue weighted by molar-refractivity contribution is 5.90. The van der Waals surface area contributed by atoms with Crippen LogP contribution in [0.5, 0.6) is 0 Å². The molecule has 0 fully saturated rings. The van der Waals surface area contributed by atoms with Crippen molar-refractivity contribution in [1.29, 1.82) is 0 Å². The van der Waals surface area contributed by atoms with Crippen molar-refractivity contribution in [3.05, 3.63) is 64.7 Å². The molecule has 0 bridgehead atoms. The maximum Gasteiger partial charge on any atom is 0.350 e. The van der Waals surface area contributed by atoms with E-state index in [1.54, 1.807) is 37.6 Å². The maximum atomic E-state index is 12.1. The van der Waals surface area contributed by atoms with Gasteiger partial charge in [-0.2, -0.15) is 0 Å². The van der Waals surface area contributed by atoms with E-state index in [9.17, 15) is 9.59 Å². The lowest BCUT2D eigenvalue weighted by atomic mass is 10.2. The fourth-order valence-corrected chi connectivity index (χ4v) is 2.31. The standard InChI is InChI=1S/C16H16N4O3/c1-23-11-12-5-4-6-13(9-12)17-15(21)10-20-16(22)19-8-3-2-7-14(19)18-20/h2-9H,10-11H2,1H3,(H,17,21). The van der Waals surface area contributed by atoms with Gasteiger partial charge in [0.15, 0.2) is 5.65 Å². The predicted octanol–water partition coefficient (Wildman–Crippen LogP) is 1.28. The number of hydrogen-bond acceptors (Lipinski definition) is 4. The van der Waals surface area contributed by atoms with Crippen LogP contribution in [-0.4, -0.2) is 27.2 Å². The van der Waals surface area contributed by atoms with Gasteiger partial charge in [0.2, 0.25) is 5.91 Å². The topological polar surface area (TPSA) is 77.6 Å². The number of ether oxygens (including phenoxy) is 1. The molecule has 0 radical (unpaired) electrons. The number of hydrogen-bond donors (Lipinski definition) is 1. The monoisotopic (exact) mass is 312 g/mol. The molecular formula is C16H16N4O3. The summed E-state index contributed by atoms with van der Waals surface area (Å²) in [5, 5.41) is 6.88. The highest BCUT2D eigenvalue weighted by Crippen LogP contribution is 2.11. The van der Waals surface area contributed by atoms with Crippen LogP contribution in [0, 0.1) is 0 Å². The van der Waals surface area contributed by atoms with Gasteiger partial charge in [0.1, 0.15) is 6.54 Å². The van der Waals surface area contributed by atoms with E-state index in [1.807, 2.05) is 18.2 Å². The van der Waals surface area contributed by atoms with E-state index in [1.165, 1.54) is 4.40 Å². The summed E-state index contributed by atoms with van der Waals surface area (Å²) < 4.78 is 7.60. The molecule has 7 heteroatoms. The van der Waals surface area contributed by atoms with Gasteiger partial charge < -0.3 is 10.1 Å².